The average molecular weight is 391 g/mol. The van der Waals surface area contributed by atoms with E-state index in [2.05, 4.69) is 110 Å². The second-order valence-corrected chi connectivity index (χ2v) is 7.83. The highest BCUT2D eigenvalue weighted by Gasteiger charge is 2.10. The third kappa shape index (κ3) is 4.26. The monoisotopic (exact) mass is 390 g/mol. The van der Waals surface area contributed by atoms with Crippen LogP contribution in [0.15, 0.2) is 120 Å². The summed E-state index contributed by atoms with van der Waals surface area (Å²) in [5, 5.41) is 0. The van der Waals surface area contributed by atoms with Crippen molar-refractivity contribution in [2.24, 2.45) is 0 Å². The third-order valence-corrected chi connectivity index (χ3v) is 6.06. The van der Waals surface area contributed by atoms with Gasteiger partial charge in [0.2, 0.25) is 0 Å². The SMILES string of the molecule is C=Cc1ccc(-c2ccccc2Sc2ccccc2-c2ccc(C=C)cc2)cc1. The lowest BCUT2D eigenvalue weighted by Gasteiger charge is -2.13. The molecule has 0 aliphatic rings. The maximum Gasteiger partial charge on any atom is 0.0201 e. The predicted molar refractivity (Wildman–Crippen MR) is 128 cm³/mol. The first-order valence-electron chi connectivity index (χ1n) is 9.60. The standard InChI is InChI=1S/C28H22S/c1-3-21-13-17-23(18-14-21)25-9-5-7-11-27(25)29-28-12-8-6-10-26(28)24-19-15-22(4-2)16-20-24/h3-20H,1-2H2. The van der Waals surface area contributed by atoms with Crippen molar-refractivity contribution in [3.63, 3.8) is 0 Å². The Morgan fingerprint density at radius 1 is 0.483 bits per heavy atom. The van der Waals surface area contributed by atoms with Crippen molar-refractivity contribution in [2.45, 2.75) is 9.79 Å². The summed E-state index contributed by atoms with van der Waals surface area (Å²) in [4.78, 5) is 2.49. The topological polar surface area (TPSA) is 0 Å². The molecular weight excluding hydrogens is 368 g/mol. The van der Waals surface area contributed by atoms with Crippen LogP contribution in [0.3, 0.4) is 0 Å². The van der Waals surface area contributed by atoms with Crippen LogP contribution in [0.5, 0.6) is 0 Å². The lowest BCUT2D eigenvalue weighted by molar-refractivity contribution is 1.39. The van der Waals surface area contributed by atoms with Crippen LogP contribution in [0.4, 0.5) is 0 Å². The van der Waals surface area contributed by atoms with Gasteiger partial charge in [0.05, 0.1) is 0 Å². The molecule has 4 aromatic rings. The van der Waals surface area contributed by atoms with E-state index in [1.807, 2.05) is 23.9 Å². The number of hydrogen-bond acceptors (Lipinski definition) is 1. The zero-order valence-corrected chi connectivity index (χ0v) is 17.0. The summed E-state index contributed by atoms with van der Waals surface area (Å²) in [5.41, 5.74) is 7.17. The molecule has 4 aromatic carbocycles. The molecule has 0 amide bonds. The van der Waals surface area contributed by atoms with Crippen molar-refractivity contribution < 1.29 is 0 Å². The Morgan fingerprint density at radius 2 is 0.862 bits per heavy atom. The second kappa shape index (κ2) is 8.81. The van der Waals surface area contributed by atoms with E-state index in [4.69, 9.17) is 0 Å². The van der Waals surface area contributed by atoms with Crippen LogP contribution in [0.2, 0.25) is 0 Å². The maximum absolute atomic E-state index is 3.85. The van der Waals surface area contributed by atoms with Crippen LogP contribution in [-0.2, 0) is 0 Å². The Balaban J connectivity index is 1.72. The quantitative estimate of drug-likeness (QED) is 0.318. The average Bonchev–Trinajstić information content (AvgIpc) is 2.80. The van der Waals surface area contributed by atoms with Gasteiger partial charge in [-0.2, -0.15) is 0 Å². The minimum atomic E-state index is 1.13. The molecule has 0 aliphatic carbocycles. The van der Waals surface area contributed by atoms with Gasteiger partial charge >= 0.3 is 0 Å². The zero-order valence-electron chi connectivity index (χ0n) is 16.2. The van der Waals surface area contributed by atoms with Crippen molar-refractivity contribution in [1.29, 1.82) is 0 Å². The fraction of sp³-hybridized carbons (Fsp3) is 0. The van der Waals surface area contributed by atoms with Crippen molar-refractivity contribution in [3.8, 4) is 22.3 Å². The molecule has 29 heavy (non-hydrogen) atoms. The van der Waals surface area contributed by atoms with E-state index in [1.165, 1.54) is 32.0 Å². The van der Waals surface area contributed by atoms with Crippen molar-refractivity contribution >= 4 is 23.9 Å². The summed E-state index contributed by atoms with van der Waals surface area (Å²) in [6.07, 6.45) is 3.75. The fourth-order valence-electron chi connectivity index (χ4n) is 3.30. The summed E-state index contributed by atoms with van der Waals surface area (Å²) < 4.78 is 0. The van der Waals surface area contributed by atoms with Gasteiger partial charge in [0, 0.05) is 9.79 Å². The summed E-state index contributed by atoms with van der Waals surface area (Å²) in [6, 6.07) is 34.3. The molecule has 0 bridgehead atoms. The van der Waals surface area contributed by atoms with Gasteiger partial charge in [-0.3, -0.25) is 0 Å². The van der Waals surface area contributed by atoms with Gasteiger partial charge in [0.15, 0.2) is 0 Å². The van der Waals surface area contributed by atoms with E-state index in [9.17, 15) is 0 Å². The molecule has 140 valence electrons. The largest absolute Gasteiger partial charge is 0.0985 e. The highest BCUT2D eigenvalue weighted by Crippen LogP contribution is 2.40. The molecule has 0 spiro atoms. The van der Waals surface area contributed by atoms with Crippen LogP contribution in [0, 0.1) is 0 Å². The normalized spacial score (nSPS) is 10.5. The fourth-order valence-corrected chi connectivity index (χ4v) is 4.43. The predicted octanol–water partition coefficient (Wildman–Crippen LogP) is 8.46. The zero-order chi connectivity index (χ0) is 20.1. The number of rotatable bonds is 6. The lowest BCUT2D eigenvalue weighted by atomic mass is 10.0. The van der Waals surface area contributed by atoms with Gasteiger partial charge < -0.3 is 0 Å². The summed E-state index contributed by atoms with van der Waals surface area (Å²) in [7, 11) is 0. The summed E-state index contributed by atoms with van der Waals surface area (Å²) >= 11 is 1.81. The molecule has 4 rings (SSSR count). The molecular formula is C28H22S. The lowest BCUT2D eigenvalue weighted by Crippen LogP contribution is -1.86. The molecule has 0 fully saturated rings. The molecule has 0 saturated heterocycles. The van der Waals surface area contributed by atoms with Crippen LogP contribution >= 0.6 is 11.8 Å². The van der Waals surface area contributed by atoms with Gasteiger partial charge in [-0.25, -0.2) is 0 Å². The number of hydrogen-bond donors (Lipinski definition) is 0. The van der Waals surface area contributed by atoms with E-state index in [0.29, 0.717) is 0 Å². The Morgan fingerprint density at radius 3 is 1.24 bits per heavy atom. The molecule has 0 atom stereocenters. The Bertz CT molecular complexity index is 1040. The first-order chi connectivity index (χ1) is 14.3. The second-order valence-electron chi connectivity index (χ2n) is 6.75. The molecule has 0 unspecified atom stereocenters. The Labute approximate surface area is 177 Å². The maximum atomic E-state index is 3.85. The number of benzene rings is 4. The Kier molecular flexibility index (Phi) is 5.79. The van der Waals surface area contributed by atoms with E-state index in [1.54, 1.807) is 0 Å². The van der Waals surface area contributed by atoms with Gasteiger partial charge in [0.25, 0.3) is 0 Å². The molecule has 0 radical (unpaired) electrons. The van der Waals surface area contributed by atoms with Crippen LogP contribution in [-0.4, -0.2) is 0 Å². The summed E-state index contributed by atoms with van der Waals surface area (Å²) in [5.74, 6) is 0. The van der Waals surface area contributed by atoms with Crippen LogP contribution in [0.25, 0.3) is 34.4 Å². The summed E-state index contributed by atoms with van der Waals surface area (Å²) in [6.45, 7) is 7.69. The molecule has 0 heterocycles. The smallest absolute Gasteiger partial charge is 0.0201 e. The third-order valence-electron chi connectivity index (χ3n) is 4.91. The van der Waals surface area contributed by atoms with Crippen LogP contribution < -0.4 is 0 Å². The first-order valence-corrected chi connectivity index (χ1v) is 10.4. The van der Waals surface area contributed by atoms with E-state index in [-0.39, 0.29) is 0 Å². The van der Waals surface area contributed by atoms with Gasteiger partial charge in [-0.1, -0.05) is 122 Å². The molecule has 0 aromatic heterocycles. The van der Waals surface area contributed by atoms with Crippen molar-refractivity contribution in [2.75, 3.05) is 0 Å². The molecule has 0 saturated carbocycles. The van der Waals surface area contributed by atoms with Gasteiger partial charge in [-0.15, -0.1) is 0 Å². The molecule has 1 heteroatoms. The minimum Gasteiger partial charge on any atom is -0.0985 e. The van der Waals surface area contributed by atoms with E-state index in [0.717, 1.165) is 11.1 Å². The van der Waals surface area contributed by atoms with E-state index < -0.39 is 0 Å². The highest BCUT2D eigenvalue weighted by atomic mass is 32.2. The first kappa shape index (κ1) is 19.0. The van der Waals surface area contributed by atoms with Gasteiger partial charge in [-0.05, 0) is 45.5 Å². The molecule has 0 aliphatic heterocycles. The molecule has 0 nitrogen and oxygen atoms in total. The minimum absolute atomic E-state index is 1.13. The van der Waals surface area contributed by atoms with Crippen LogP contribution in [0.1, 0.15) is 11.1 Å². The Hall–Kier alpha value is -3.29. The molecule has 0 N–H and O–H groups in total. The highest BCUT2D eigenvalue weighted by molar-refractivity contribution is 7.99. The van der Waals surface area contributed by atoms with E-state index >= 15 is 0 Å². The van der Waals surface area contributed by atoms with Crippen molar-refractivity contribution in [1.82, 2.24) is 0 Å². The van der Waals surface area contributed by atoms with Gasteiger partial charge in [0.1, 0.15) is 0 Å². The van der Waals surface area contributed by atoms with Crippen molar-refractivity contribution in [3.05, 3.63) is 121 Å².